The molecule has 0 radical (unpaired) electrons. The third kappa shape index (κ3) is 1.74. The molecule has 5 nitrogen and oxygen atoms in total. The Kier molecular flexibility index (Phi) is 2.71. The van der Waals surface area contributed by atoms with Gasteiger partial charge in [0.2, 0.25) is 17.7 Å². The largest absolute Gasteiger partial charge is 0.420 e. The number of rotatable bonds is 2. The second kappa shape index (κ2) is 4.30. The summed E-state index contributed by atoms with van der Waals surface area (Å²) in [4.78, 5) is 20.3. The maximum absolute atomic E-state index is 11.9. The minimum atomic E-state index is -0.765. The Hall–Kier alpha value is -2.43. The van der Waals surface area contributed by atoms with Crippen LogP contribution in [0.15, 0.2) is 36.7 Å². The van der Waals surface area contributed by atoms with E-state index in [4.69, 9.17) is 10.5 Å². The van der Waals surface area contributed by atoms with Gasteiger partial charge in [-0.15, -0.1) is 0 Å². The predicted molar refractivity (Wildman–Crippen MR) is 73.4 cm³/mol. The van der Waals surface area contributed by atoms with E-state index in [2.05, 4.69) is 9.97 Å². The SMILES string of the molecule is CC(C)(C(N)=O)C1c2cccnc2Oc2ncccc21. The first kappa shape index (κ1) is 12.6. The number of hydrogen-bond acceptors (Lipinski definition) is 4. The molecule has 20 heavy (non-hydrogen) atoms. The molecule has 5 heteroatoms. The van der Waals surface area contributed by atoms with Crippen LogP contribution < -0.4 is 10.5 Å². The number of carbonyl (C=O) groups excluding carboxylic acids is 1. The van der Waals surface area contributed by atoms with Gasteiger partial charge in [-0.05, 0) is 12.1 Å². The molecule has 0 unspecified atom stereocenters. The van der Waals surface area contributed by atoms with Crippen LogP contribution in [0.3, 0.4) is 0 Å². The van der Waals surface area contributed by atoms with Gasteiger partial charge in [-0.2, -0.15) is 0 Å². The van der Waals surface area contributed by atoms with Crippen LogP contribution in [0.25, 0.3) is 0 Å². The van der Waals surface area contributed by atoms with E-state index in [0.717, 1.165) is 11.1 Å². The maximum Gasteiger partial charge on any atom is 0.225 e. The summed E-state index contributed by atoms with van der Waals surface area (Å²) in [5, 5.41) is 0. The van der Waals surface area contributed by atoms with Crippen LogP contribution in [0, 0.1) is 5.41 Å². The molecule has 0 bridgehead atoms. The molecule has 0 spiro atoms. The number of ether oxygens (including phenoxy) is 1. The van der Waals surface area contributed by atoms with Crippen LogP contribution >= 0.6 is 0 Å². The van der Waals surface area contributed by atoms with Crippen molar-refractivity contribution in [1.29, 1.82) is 0 Å². The van der Waals surface area contributed by atoms with Gasteiger partial charge in [-0.1, -0.05) is 26.0 Å². The van der Waals surface area contributed by atoms with Gasteiger partial charge in [0.1, 0.15) is 0 Å². The van der Waals surface area contributed by atoms with Crippen LogP contribution in [0.1, 0.15) is 30.9 Å². The number of aromatic nitrogens is 2. The molecule has 1 aliphatic rings. The van der Waals surface area contributed by atoms with Crippen molar-refractivity contribution >= 4 is 5.91 Å². The van der Waals surface area contributed by atoms with E-state index in [1.165, 1.54) is 0 Å². The van der Waals surface area contributed by atoms with Gasteiger partial charge in [0, 0.05) is 29.4 Å². The molecule has 3 rings (SSSR count). The molecule has 0 aliphatic carbocycles. The van der Waals surface area contributed by atoms with Crippen molar-refractivity contribution in [3.05, 3.63) is 47.8 Å². The fourth-order valence-corrected chi connectivity index (χ4v) is 2.60. The maximum atomic E-state index is 11.9. The number of primary amides is 1. The standard InChI is InChI=1S/C15H15N3O2/c1-15(2,14(16)19)11-9-5-3-7-17-12(9)20-13-10(11)6-4-8-18-13/h3-8,11H,1-2H3,(H2,16,19). The zero-order valence-corrected chi connectivity index (χ0v) is 11.3. The molecular weight excluding hydrogens is 254 g/mol. The molecule has 2 aromatic heterocycles. The fourth-order valence-electron chi connectivity index (χ4n) is 2.60. The lowest BCUT2D eigenvalue weighted by Crippen LogP contribution is -2.38. The monoisotopic (exact) mass is 269 g/mol. The average Bonchev–Trinajstić information content (AvgIpc) is 2.44. The van der Waals surface area contributed by atoms with Crippen LogP contribution in [-0.4, -0.2) is 15.9 Å². The molecule has 0 aromatic carbocycles. The molecule has 0 saturated carbocycles. The highest BCUT2D eigenvalue weighted by Gasteiger charge is 2.43. The zero-order valence-electron chi connectivity index (χ0n) is 11.3. The molecule has 2 N–H and O–H groups in total. The van der Waals surface area contributed by atoms with Gasteiger partial charge in [0.15, 0.2) is 0 Å². The van der Waals surface area contributed by atoms with E-state index in [0.29, 0.717) is 11.8 Å². The molecule has 0 saturated heterocycles. The van der Waals surface area contributed by atoms with E-state index in [1.807, 2.05) is 38.1 Å². The Morgan fingerprint density at radius 3 is 2.10 bits per heavy atom. The number of nitrogens with two attached hydrogens (primary N) is 1. The van der Waals surface area contributed by atoms with E-state index in [1.54, 1.807) is 12.4 Å². The normalized spacial score (nSPS) is 14.1. The fraction of sp³-hybridized carbons (Fsp3) is 0.267. The summed E-state index contributed by atoms with van der Waals surface area (Å²) >= 11 is 0. The number of fused-ring (bicyclic) bond motifs is 2. The Bertz CT molecular complexity index is 637. The highest BCUT2D eigenvalue weighted by Crippen LogP contribution is 2.49. The van der Waals surface area contributed by atoms with Crippen LogP contribution in [0.2, 0.25) is 0 Å². The lowest BCUT2D eigenvalue weighted by molar-refractivity contribution is -0.126. The molecule has 3 heterocycles. The highest BCUT2D eigenvalue weighted by atomic mass is 16.5. The summed E-state index contributed by atoms with van der Waals surface area (Å²) in [5.41, 5.74) is 6.55. The zero-order chi connectivity index (χ0) is 14.3. The van der Waals surface area contributed by atoms with Crippen LogP contribution in [0.4, 0.5) is 0 Å². The summed E-state index contributed by atoms with van der Waals surface area (Å²) in [6.45, 7) is 3.66. The Balaban J connectivity index is 2.25. The van der Waals surface area contributed by atoms with Crippen molar-refractivity contribution in [3.63, 3.8) is 0 Å². The van der Waals surface area contributed by atoms with Gasteiger partial charge in [0.05, 0.1) is 5.41 Å². The second-order valence-corrected chi connectivity index (χ2v) is 5.42. The molecule has 0 fully saturated rings. The van der Waals surface area contributed by atoms with Gasteiger partial charge in [0.25, 0.3) is 0 Å². The van der Waals surface area contributed by atoms with Gasteiger partial charge >= 0.3 is 0 Å². The summed E-state index contributed by atoms with van der Waals surface area (Å²) in [6, 6.07) is 7.47. The van der Waals surface area contributed by atoms with E-state index < -0.39 is 5.41 Å². The van der Waals surface area contributed by atoms with Crippen molar-refractivity contribution in [3.8, 4) is 11.8 Å². The molecule has 1 aliphatic heterocycles. The molecular formula is C15H15N3O2. The number of pyridine rings is 2. The lowest BCUT2D eigenvalue weighted by Gasteiger charge is -2.35. The third-order valence-corrected chi connectivity index (χ3v) is 3.77. The van der Waals surface area contributed by atoms with Crippen molar-refractivity contribution in [2.75, 3.05) is 0 Å². The van der Waals surface area contributed by atoms with Crippen LogP contribution in [-0.2, 0) is 4.79 Å². The quantitative estimate of drug-likeness (QED) is 0.906. The van der Waals surface area contributed by atoms with Crippen molar-refractivity contribution in [2.45, 2.75) is 19.8 Å². The van der Waals surface area contributed by atoms with E-state index >= 15 is 0 Å². The first-order valence-corrected chi connectivity index (χ1v) is 6.39. The van der Waals surface area contributed by atoms with Crippen molar-refractivity contribution in [2.24, 2.45) is 11.1 Å². The topological polar surface area (TPSA) is 78.1 Å². The van der Waals surface area contributed by atoms with E-state index in [-0.39, 0.29) is 11.8 Å². The molecule has 102 valence electrons. The predicted octanol–water partition coefficient (Wildman–Crippen LogP) is 2.23. The summed E-state index contributed by atoms with van der Waals surface area (Å²) in [5.74, 6) is 0.381. The number of amides is 1. The number of nitrogens with zero attached hydrogens (tertiary/aromatic N) is 2. The number of carbonyl (C=O) groups is 1. The minimum Gasteiger partial charge on any atom is -0.420 e. The Morgan fingerprint density at radius 1 is 1.15 bits per heavy atom. The van der Waals surface area contributed by atoms with Gasteiger partial charge in [-0.25, -0.2) is 9.97 Å². The highest BCUT2D eigenvalue weighted by molar-refractivity contribution is 5.82. The third-order valence-electron chi connectivity index (χ3n) is 3.77. The Labute approximate surface area is 116 Å². The summed E-state index contributed by atoms with van der Waals surface area (Å²) < 4.78 is 5.71. The number of hydrogen-bond donors (Lipinski definition) is 1. The molecule has 2 aromatic rings. The van der Waals surface area contributed by atoms with Gasteiger partial charge < -0.3 is 10.5 Å². The molecule has 1 amide bonds. The lowest BCUT2D eigenvalue weighted by atomic mass is 9.70. The van der Waals surface area contributed by atoms with Crippen molar-refractivity contribution in [1.82, 2.24) is 9.97 Å². The van der Waals surface area contributed by atoms with Gasteiger partial charge in [-0.3, -0.25) is 4.79 Å². The molecule has 0 atom stereocenters. The van der Waals surface area contributed by atoms with E-state index in [9.17, 15) is 4.79 Å². The van der Waals surface area contributed by atoms with Crippen molar-refractivity contribution < 1.29 is 9.53 Å². The summed E-state index contributed by atoms with van der Waals surface area (Å²) in [7, 11) is 0. The average molecular weight is 269 g/mol. The minimum absolute atomic E-state index is 0.221. The summed E-state index contributed by atoms with van der Waals surface area (Å²) in [6.07, 6.45) is 3.31. The Morgan fingerprint density at radius 2 is 1.65 bits per heavy atom. The first-order chi connectivity index (χ1) is 9.51. The van der Waals surface area contributed by atoms with Crippen LogP contribution in [0.5, 0.6) is 11.8 Å². The smallest absolute Gasteiger partial charge is 0.225 e. The second-order valence-electron chi connectivity index (χ2n) is 5.42. The first-order valence-electron chi connectivity index (χ1n) is 6.39.